The van der Waals surface area contributed by atoms with Crippen LogP contribution in [-0.4, -0.2) is 17.4 Å². The Labute approximate surface area is 138 Å². The van der Waals surface area contributed by atoms with Crippen molar-refractivity contribution < 1.29 is 9.59 Å². The van der Waals surface area contributed by atoms with Crippen LogP contribution >= 0.6 is 0 Å². The first kappa shape index (κ1) is 17.5. The lowest BCUT2D eigenvalue weighted by atomic mass is 9.95. The second kappa shape index (κ2) is 6.32. The van der Waals surface area contributed by atoms with E-state index in [1.807, 2.05) is 39.8 Å². The third-order valence-corrected chi connectivity index (χ3v) is 4.37. The molecule has 1 fully saturated rings. The maximum atomic E-state index is 12.4. The number of nitrogens with two attached hydrogens (primary N) is 1. The Kier molecular flexibility index (Phi) is 4.80. The van der Waals surface area contributed by atoms with Crippen molar-refractivity contribution >= 4 is 23.2 Å². The van der Waals surface area contributed by atoms with E-state index in [0.717, 1.165) is 31.2 Å². The highest BCUT2D eigenvalue weighted by molar-refractivity contribution is 6.00. The first-order valence-corrected chi connectivity index (χ1v) is 8.14. The van der Waals surface area contributed by atoms with Crippen molar-refractivity contribution in [3.05, 3.63) is 23.8 Å². The van der Waals surface area contributed by atoms with Gasteiger partial charge in [-0.25, -0.2) is 0 Å². The van der Waals surface area contributed by atoms with Crippen molar-refractivity contribution in [2.24, 2.45) is 11.1 Å². The Morgan fingerprint density at radius 3 is 2.30 bits per heavy atom. The second-order valence-electron chi connectivity index (χ2n) is 7.55. The van der Waals surface area contributed by atoms with E-state index in [2.05, 4.69) is 10.6 Å². The summed E-state index contributed by atoms with van der Waals surface area (Å²) in [6.45, 7) is 7.51. The van der Waals surface area contributed by atoms with E-state index in [-0.39, 0.29) is 11.8 Å². The monoisotopic (exact) mass is 317 g/mol. The van der Waals surface area contributed by atoms with E-state index >= 15 is 0 Å². The Morgan fingerprint density at radius 2 is 1.74 bits per heavy atom. The topological polar surface area (TPSA) is 84.2 Å². The summed E-state index contributed by atoms with van der Waals surface area (Å²) in [6.07, 6.45) is 3.42. The van der Waals surface area contributed by atoms with Crippen LogP contribution in [0, 0.1) is 12.3 Å². The largest absolute Gasteiger partial charge is 0.325 e. The average molecular weight is 317 g/mol. The Balaban J connectivity index is 2.14. The summed E-state index contributed by atoms with van der Waals surface area (Å²) in [4.78, 5) is 24.6. The quantitative estimate of drug-likeness (QED) is 0.800. The minimum atomic E-state index is -0.764. The van der Waals surface area contributed by atoms with Gasteiger partial charge in [0.05, 0.1) is 5.54 Å². The molecule has 0 aliphatic heterocycles. The van der Waals surface area contributed by atoms with Gasteiger partial charge < -0.3 is 16.4 Å². The van der Waals surface area contributed by atoms with Gasteiger partial charge in [-0.05, 0) is 37.5 Å². The third kappa shape index (κ3) is 4.10. The number of anilines is 2. The molecule has 1 aliphatic carbocycles. The first-order valence-electron chi connectivity index (χ1n) is 8.14. The van der Waals surface area contributed by atoms with Crippen LogP contribution in [0.15, 0.2) is 18.2 Å². The Bertz CT molecular complexity index is 611. The number of nitrogens with one attached hydrogen (secondary N) is 2. The summed E-state index contributed by atoms with van der Waals surface area (Å²) in [5.41, 5.74) is 7.25. The molecule has 0 heterocycles. The zero-order chi connectivity index (χ0) is 17.3. The minimum absolute atomic E-state index is 0.0600. The van der Waals surface area contributed by atoms with Crippen LogP contribution in [0.3, 0.4) is 0 Å². The van der Waals surface area contributed by atoms with Crippen LogP contribution in [0.5, 0.6) is 0 Å². The van der Waals surface area contributed by atoms with Crippen LogP contribution in [-0.2, 0) is 9.59 Å². The molecule has 1 aromatic rings. The number of carbonyl (C=O) groups excluding carboxylic acids is 2. The molecule has 0 bridgehead atoms. The molecule has 2 amide bonds. The van der Waals surface area contributed by atoms with Gasteiger partial charge in [0.15, 0.2) is 0 Å². The molecule has 0 saturated heterocycles. The maximum Gasteiger partial charge on any atom is 0.244 e. The van der Waals surface area contributed by atoms with Crippen LogP contribution in [0.1, 0.15) is 52.0 Å². The molecule has 4 N–H and O–H groups in total. The standard InChI is InChI=1S/C18H27N3O2/c1-12-7-8-13(11-14(12)21-15(22)17(2,3)4)20-16(23)18(19)9-5-6-10-18/h7-8,11H,5-6,9-10,19H2,1-4H3,(H,20,23)(H,21,22). The summed E-state index contributed by atoms with van der Waals surface area (Å²) in [5, 5.41) is 5.81. The van der Waals surface area contributed by atoms with E-state index in [4.69, 9.17) is 5.73 Å². The molecule has 0 aromatic heterocycles. The summed E-state index contributed by atoms with van der Waals surface area (Å²) in [6, 6.07) is 5.50. The number of aryl methyl sites for hydroxylation is 1. The molecule has 1 saturated carbocycles. The van der Waals surface area contributed by atoms with E-state index in [1.165, 1.54) is 0 Å². The number of carbonyl (C=O) groups is 2. The Hall–Kier alpha value is -1.88. The first-order chi connectivity index (χ1) is 10.6. The lowest BCUT2D eigenvalue weighted by molar-refractivity contribution is -0.123. The number of benzene rings is 1. The zero-order valence-corrected chi connectivity index (χ0v) is 14.5. The minimum Gasteiger partial charge on any atom is -0.325 e. The molecular formula is C18H27N3O2. The molecule has 1 aliphatic rings. The van der Waals surface area contributed by atoms with Gasteiger partial charge in [0.25, 0.3) is 0 Å². The lowest BCUT2D eigenvalue weighted by Gasteiger charge is -2.23. The fourth-order valence-electron chi connectivity index (χ4n) is 2.63. The molecule has 0 unspecified atom stereocenters. The normalized spacial score (nSPS) is 16.9. The van der Waals surface area contributed by atoms with Gasteiger partial charge >= 0.3 is 0 Å². The predicted octanol–water partition coefficient (Wildman–Crippen LogP) is 3.19. The second-order valence-corrected chi connectivity index (χ2v) is 7.55. The van der Waals surface area contributed by atoms with Gasteiger partial charge in [-0.3, -0.25) is 9.59 Å². The van der Waals surface area contributed by atoms with Gasteiger partial charge in [-0.15, -0.1) is 0 Å². The highest BCUT2D eigenvalue weighted by Crippen LogP contribution is 2.29. The summed E-state index contributed by atoms with van der Waals surface area (Å²) < 4.78 is 0. The molecule has 1 aromatic carbocycles. The van der Waals surface area contributed by atoms with Crippen molar-refractivity contribution in [3.63, 3.8) is 0 Å². The SMILES string of the molecule is Cc1ccc(NC(=O)C2(N)CCCC2)cc1NC(=O)C(C)(C)C. The summed E-state index contributed by atoms with van der Waals surface area (Å²) in [7, 11) is 0. The molecule has 0 atom stereocenters. The molecule has 0 spiro atoms. The van der Waals surface area contributed by atoms with Crippen molar-refractivity contribution in [2.45, 2.75) is 58.9 Å². The van der Waals surface area contributed by atoms with Crippen LogP contribution < -0.4 is 16.4 Å². The number of rotatable bonds is 3. The lowest BCUT2D eigenvalue weighted by Crippen LogP contribution is -2.48. The fraction of sp³-hybridized carbons (Fsp3) is 0.556. The molecule has 2 rings (SSSR count). The third-order valence-electron chi connectivity index (χ3n) is 4.37. The average Bonchev–Trinajstić information content (AvgIpc) is 2.89. The van der Waals surface area contributed by atoms with Crippen LogP contribution in [0.4, 0.5) is 11.4 Å². The van der Waals surface area contributed by atoms with Crippen molar-refractivity contribution in [3.8, 4) is 0 Å². The Morgan fingerprint density at radius 1 is 1.13 bits per heavy atom. The highest BCUT2D eigenvalue weighted by atomic mass is 16.2. The molecule has 5 nitrogen and oxygen atoms in total. The fourth-order valence-corrected chi connectivity index (χ4v) is 2.63. The van der Waals surface area contributed by atoms with E-state index in [0.29, 0.717) is 11.4 Å². The van der Waals surface area contributed by atoms with Gasteiger partial charge in [-0.1, -0.05) is 39.7 Å². The molecule has 0 radical (unpaired) electrons. The van der Waals surface area contributed by atoms with E-state index in [9.17, 15) is 9.59 Å². The summed E-state index contributed by atoms with van der Waals surface area (Å²) >= 11 is 0. The molecular weight excluding hydrogens is 290 g/mol. The smallest absolute Gasteiger partial charge is 0.244 e. The van der Waals surface area contributed by atoms with Gasteiger partial charge in [0.1, 0.15) is 0 Å². The highest BCUT2D eigenvalue weighted by Gasteiger charge is 2.37. The zero-order valence-electron chi connectivity index (χ0n) is 14.5. The van der Waals surface area contributed by atoms with Gasteiger partial charge in [0.2, 0.25) is 11.8 Å². The summed E-state index contributed by atoms with van der Waals surface area (Å²) in [5.74, 6) is -0.206. The van der Waals surface area contributed by atoms with Gasteiger partial charge in [0, 0.05) is 16.8 Å². The number of amides is 2. The van der Waals surface area contributed by atoms with Crippen molar-refractivity contribution in [2.75, 3.05) is 10.6 Å². The van der Waals surface area contributed by atoms with Crippen LogP contribution in [0.25, 0.3) is 0 Å². The van der Waals surface area contributed by atoms with Gasteiger partial charge in [-0.2, -0.15) is 0 Å². The molecule has 5 heteroatoms. The van der Waals surface area contributed by atoms with Crippen molar-refractivity contribution in [1.29, 1.82) is 0 Å². The predicted molar refractivity (Wildman–Crippen MR) is 93.3 cm³/mol. The van der Waals surface area contributed by atoms with E-state index < -0.39 is 11.0 Å². The number of hydrogen-bond acceptors (Lipinski definition) is 3. The van der Waals surface area contributed by atoms with Crippen LogP contribution in [0.2, 0.25) is 0 Å². The molecule has 126 valence electrons. The van der Waals surface area contributed by atoms with Crippen molar-refractivity contribution in [1.82, 2.24) is 0 Å². The van der Waals surface area contributed by atoms with E-state index in [1.54, 1.807) is 6.07 Å². The molecule has 23 heavy (non-hydrogen) atoms. The number of hydrogen-bond donors (Lipinski definition) is 3. The maximum absolute atomic E-state index is 12.4.